The highest BCUT2D eigenvalue weighted by atomic mass is 16.3. The van der Waals surface area contributed by atoms with Crippen LogP contribution in [0.5, 0.6) is 11.5 Å². The van der Waals surface area contributed by atoms with Gasteiger partial charge in [0.05, 0.1) is 0 Å². The highest BCUT2D eigenvalue weighted by Crippen LogP contribution is 2.30. The van der Waals surface area contributed by atoms with E-state index in [9.17, 15) is 19.8 Å². The number of hydrogen-bond donors (Lipinski definition) is 3. The molecule has 0 unspecified atom stereocenters. The molecule has 0 aliphatic rings. The molecule has 6 nitrogen and oxygen atoms in total. The van der Waals surface area contributed by atoms with Crippen molar-refractivity contribution in [3.05, 3.63) is 57.6 Å². The van der Waals surface area contributed by atoms with E-state index in [2.05, 4.69) is 27.7 Å². The number of nitrogens with two attached hydrogens (primary N) is 1. The molecule has 0 saturated heterocycles. The first kappa shape index (κ1) is 33.3. The summed E-state index contributed by atoms with van der Waals surface area (Å²) in [6.07, 6.45) is 12.6. The summed E-state index contributed by atoms with van der Waals surface area (Å²) >= 11 is 0. The van der Waals surface area contributed by atoms with Gasteiger partial charge in [0.15, 0.2) is 0 Å². The summed E-state index contributed by atoms with van der Waals surface area (Å²) < 4.78 is 0. The molecule has 0 aliphatic carbocycles. The number of benzene rings is 2. The van der Waals surface area contributed by atoms with E-state index in [1.807, 2.05) is 24.3 Å². The first-order valence-electron chi connectivity index (χ1n) is 15.5. The first-order chi connectivity index (χ1) is 19.2. The van der Waals surface area contributed by atoms with Gasteiger partial charge in [-0.2, -0.15) is 0 Å². The van der Waals surface area contributed by atoms with E-state index in [1.165, 1.54) is 0 Å². The van der Waals surface area contributed by atoms with E-state index < -0.39 is 11.8 Å². The van der Waals surface area contributed by atoms with Gasteiger partial charge >= 0.3 is 0 Å². The maximum Gasteiger partial charge on any atom is 0.243 e. The fourth-order valence-electron chi connectivity index (χ4n) is 5.07. The Balaban J connectivity index is 2.04. The zero-order valence-corrected chi connectivity index (χ0v) is 25.4. The number of unbranched alkanes of at least 4 members (excludes halogenated alkanes) is 4. The SMILES string of the molecule is CCCCc1cc(CCC(=O)N(N)C(=O)CCc2cc(CCCC)c(O)c(CCCC)c2)cc(CCCC)c1O. The quantitative estimate of drug-likeness (QED) is 0.103. The number of carbonyl (C=O) groups is 2. The summed E-state index contributed by atoms with van der Waals surface area (Å²) in [5.41, 5.74) is 5.72. The number of phenolic OH excluding ortho intramolecular Hbond substituents is 2. The Morgan fingerprint density at radius 1 is 0.575 bits per heavy atom. The number of aryl methyl sites for hydroxylation is 6. The molecule has 0 saturated carbocycles. The standard InChI is InChI=1S/C34H52N2O4/c1-5-9-13-27-21-25(22-28(33(27)39)14-10-6-2)17-19-31(37)36(35)32(38)20-18-26-23-29(15-11-7-3)34(40)30(24-26)16-12-8-4/h21-24,39-40H,5-20,35H2,1-4H3. The zero-order valence-electron chi connectivity index (χ0n) is 25.4. The van der Waals surface area contributed by atoms with Gasteiger partial charge in [0, 0.05) is 12.8 Å². The Labute approximate surface area is 241 Å². The molecule has 6 heteroatoms. The molecule has 0 fully saturated rings. The van der Waals surface area contributed by atoms with Crippen molar-refractivity contribution in [1.82, 2.24) is 5.01 Å². The number of hydrogen-bond acceptors (Lipinski definition) is 5. The summed E-state index contributed by atoms with van der Waals surface area (Å²) in [5, 5.41) is 22.2. The lowest BCUT2D eigenvalue weighted by atomic mass is 9.95. The van der Waals surface area contributed by atoms with Crippen LogP contribution >= 0.6 is 0 Å². The summed E-state index contributed by atoms with van der Waals surface area (Å²) in [5.74, 6) is 5.94. The van der Waals surface area contributed by atoms with Crippen molar-refractivity contribution >= 4 is 11.8 Å². The van der Waals surface area contributed by atoms with Gasteiger partial charge in [-0.05, 0) is 97.6 Å². The van der Waals surface area contributed by atoms with Crippen molar-refractivity contribution in [2.24, 2.45) is 5.84 Å². The molecule has 0 bridgehead atoms. The van der Waals surface area contributed by atoms with Gasteiger partial charge < -0.3 is 10.2 Å². The number of hydrazine groups is 1. The van der Waals surface area contributed by atoms with Crippen molar-refractivity contribution in [1.29, 1.82) is 0 Å². The highest BCUT2D eigenvalue weighted by molar-refractivity contribution is 5.94. The summed E-state index contributed by atoms with van der Waals surface area (Å²) in [6.45, 7) is 8.51. The van der Waals surface area contributed by atoms with E-state index in [4.69, 9.17) is 5.84 Å². The molecule has 0 heterocycles. The summed E-state index contributed by atoms with van der Waals surface area (Å²) in [6, 6.07) is 7.97. The summed E-state index contributed by atoms with van der Waals surface area (Å²) in [7, 11) is 0. The van der Waals surface area contributed by atoms with E-state index in [0.29, 0.717) is 24.3 Å². The topological polar surface area (TPSA) is 104 Å². The van der Waals surface area contributed by atoms with Crippen LogP contribution in [0.2, 0.25) is 0 Å². The maximum absolute atomic E-state index is 12.8. The van der Waals surface area contributed by atoms with Gasteiger partial charge in [-0.25, -0.2) is 10.9 Å². The zero-order chi connectivity index (χ0) is 29.5. The molecule has 0 spiro atoms. The van der Waals surface area contributed by atoms with E-state index >= 15 is 0 Å². The fraction of sp³-hybridized carbons (Fsp3) is 0.588. The van der Waals surface area contributed by atoms with Gasteiger partial charge in [0.25, 0.3) is 0 Å². The molecule has 0 radical (unpaired) electrons. The van der Waals surface area contributed by atoms with Gasteiger partial charge in [-0.3, -0.25) is 9.59 Å². The van der Waals surface area contributed by atoms with Crippen LogP contribution in [0.15, 0.2) is 24.3 Å². The largest absolute Gasteiger partial charge is 0.507 e. The minimum absolute atomic E-state index is 0.134. The molecular weight excluding hydrogens is 500 g/mol. The second kappa shape index (κ2) is 17.8. The van der Waals surface area contributed by atoms with E-state index in [-0.39, 0.29) is 12.8 Å². The van der Waals surface area contributed by atoms with Crippen molar-refractivity contribution in [2.45, 2.75) is 130 Å². The molecule has 40 heavy (non-hydrogen) atoms. The fourth-order valence-corrected chi connectivity index (χ4v) is 5.07. The molecular formula is C34H52N2O4. The van der Waals surface area contributed by atoms with E-state index in [1.54, 1.807) is 0 Å². The monoisotopic (exact) mass is 552 g/mol. The number of phenols is 2. The molecule has 0 aromatic heterocycles. The van der Waals surface area contributed by atoms with Crippen LogP contribution in [-0.2, 0) is 48.1 Å². The Bertz CT molecular complexity index is 952. The molecule has 222 valence electrons. The van der Waals surface area contributed by atoms with E-state index in [0.717, 1.165) is 115 Å². The normalized spacial score (nSPS) is 11.1. The Kier molecular flexibility index (Phi) is 14.8. The lowest BCUT2D eigenvalue weighted by Crippen LogP contribution is -2.42. The molecule has 2 amide bonds. The number of carbonyl (C=O) groups excluding carboxylic acids is 2. The van der Waals surface area contributed by atoms with Crippen LogP contribution in [0.4, 0.5) is 0 Å². The van der Waals surface area contributed by atoms with Crippen molar-refractivity contribution in [3.63, 3.8) is 0 Å². The molecule has 0 aliphatic heterocycles. The van der Waals surface area contributed by atoms with Gasteiger partial charge in [0.1, 0.15) is 11.5 Å². The number of rotatable bonds is 18. The Morgan fingerprint density at radius 2 is 0.850 bits per heavy atom. The third-order valence-electron chi connectivity index (χ3n) is 7.65. The van der Waals surface area contributed by atoms with Crippen molar-refractivity contribution in [3.8, 4) is 11.5 Å². The number of nitrogens with zero attached hydrogens (tertiary/aromatic N) is 1. The number of aromatic hydroxyl groups is 2. The maximum atomic E-state index is 12.8. The van der Waals surface area contributed by atoms with Gasteiger partial charge in [-0.1, -0.05) is 77.6 Å². The minimum atomic E-state index is -0.402. The van der Waals surface area contributed by atoms with Crippen LogP contribution in [-0.4, -0.2) is 27.0 Å². The van der Waals surface area contributed by atoms with Crippen molar-refractivity contribution < 1.29 is 19.8 Å². The molecule has 2 aromatic rings. The minimum Gasteiger partial charge on any atom is -0.507 e. The Hall–Kier alpha value is -2.86. The third-order valence-corrected chi connectivity index (χ3v) is 7.65. The summed E-state index contributed by atoms with van der Waals surface area (Å²) in [4.78, 5) is 25.7. The van der Waals surface area contributed by atoms with Gasteiger partial charge in [-0.15, -0.1) is 0 Å². The van der Waals surface area contributed by atoms with Crippen LogP contribution in [0, 0.1) is 0 Å². The predicted octanol–water partition coefficient (Wildman–Crippen LogP) is 7.26. The number of imide groups is 1. The average Bonchev–Trinajstić information content (AvgIpc) is 2.96. The van der Waals surface area contributed by atoms with Crippen LogP contribution < -0.4 is 5.84 Å². The molecule has 2 aromatic carbocycles. The smallest absolute Gasteiger partial charge is 0.243 e. The lowest BCUT2D eigenvalue weighted by molar-refractivity contribution is -0.145. The second-order valence-electron chi connectivity index (χ2n) is 11.1. The first-order valence-corrected chi connectivity index (χ1v) is 15.5. The molecule has 4 N–H and O–H groups in total. The Morgan fingerprint density at radius 3 is 1.10 bits per heavy atom. The highest BCUT2D eigenvalue weighted by Gasteiger charge is 2.19. The molecule has 2 rings (SSSR count). The average molecular weight is 553 g/mol. The predicted molar refractivity (Wildman–Crippen MR) is 163 cm³/mol. The van der Waals surface area contributed by atoms with Crippen LogP contribution in [0.3, 0.4) is 0 Å². The van der Waals surface area contributed by atoms with Crippen molar-refractivity contribution in [2.75, 3.05) is 0 Å². The molecule has 0 atom stereocenters. The van der Waals surface area contributed by atoms with Crippen LogP contribution in [0.1, 0.15) is 125 Å². The lowest BCUT2D eigenvalue weighted by Gasteiger charge is -2.17. The number of amides is 2. The van der Waals surface area contributed by atoms with Gasteiger partial charge in [0.2, 0.25) is 11.8 Å². The van der Waals surface area contributed by atoms with Crippen LogP contribution in [0.25, 0.3) is 0 Å². The third kappa shape index (κ3) is 10.3. The second-order valence-corrected chi connectivity index (χ2v) is 11.1.